The van der Waals surface area contributed by atoms with Crippen molar-refractivity contribution in [2.45, 2.75) is 18.9 Å². The summed E-state index contributed by atoms with van der Waals surface area (Å²) in [5.74, 6) is -0.118. The third-order valence-electron chi connectivity index (χ3n) is 6.90. The van der Waals surface area contributed by atoms with Crippen LogP contribution in [0, 0.1) is 11.7 Å². The molecule has 1 N–H and O–H groups in total. The lowest BCUT2D eigenvalue weighted by Crippen LogP contribution is -2.56. The van der Waals surface area contributed by atoms with Crippen LogP contribution in [-0.2, 0) is 9.53 Å². The zero-order valence-corrected chi connectivity index (χ0v) is 19.8. The summed E-state index contributed by atoms with van der Waals surface area (Å²) in [6.07, 6.45) is 1.11. The van der Waals surface area contributed by atoms with E-state index in [1.807, 2.05) is 0 Å². The fourth-order valence-electron chi connectivity index (χ4n) is 4.84. The molecule has 1 unspecified atom stereocenters. The van der Waals surface area contributed by atoms with Gasteiger partial charge in [-0.05, 0) is 61.2 Å². The number of piperidine rings is 1. The summed E-state index contributed by atoms with van der Waals surface area (Å²) in [6.45, 7) is 2.88. The van der Waals surface area contributed by atoms with Gasteiger partial charge in [0.05, 0.1) is 13.2 Å². The molecule has 9 nitrogen and oxygen atoms in total. The van der Waals surface area contributed by atoms with Crippen molar-refractivity contribution < 1.29 is 33.0 Å². The van der Waals surface area contributed by atoms with Crippen LogP contribution in [-0.4, -0.2) is 79.7 Å². The molecule has 2 fully saturated rings. The summed E-state index contributed by atoms with van der Waals surface area (Å²) in [5, 5.41) is 2.90. The summed E-state index contributed by atoms with van der Waals surface area (Å²) in [5.41, 5.74) is 0.801. The van der Waals surface area contributed by atoms with Crippen LogP contribution in [0.4, 0.5) is 4.39 Å². The van der Waals surface area contributed by atoms with Gasteiger partial charge in [-0.25, -0.2) is 4.39 Å². The molecule has 190 valence electrons. The molecular formula is C26H28FN3O6. The summed E-state index contributed by atoms with van der Waals surface area (Å²) in [4.78, 5) is 42.9. The SMILES string of the molecule is O=C(NC(C(=O)N1CCOCC1)C1CCN(C(=O)c2ccc3c(c2)OCO3)CC1)c1ccc(F)cc1. The molecule has 1 atom stereocenters. The van der Waals surface area contributed by atoms with E-state index in [0.29, 0.717) is 69.3 Å². The van der Waals surface area contributed by atoms with Crippen LogP contribution < -0.4 is 14.8 Å². The number of hydrogen-bond acceptors (Lipinski definition) is 6. The molecule has 2 aromatic rings. The zero-order chi connectivity index (χ0) is 25.1. The molecule has 5 rings (SSSR count). The Bertz CT molecular complexity index is 1130. The van der Waals surface area contributed by atoms with E-state index in [9.17, 15) is 18.8 Å². The second kappa shape index (κ2) is 10.5. The summed E-state index contributed by atoms with van der Waals surface area (Å²) in [6, 6.07) is 9.61. The summed E-state index contributed by atoms with van der Waals surface area (Å²) in [7, 11) is 0. The van der Waals surface area contributed by atoms with E-state index in [4.69, 9.17) is 14.2 Å². The number of fused-ring (bicyclic) bond motifs is 1. The Morgan fingerprint density at radius 2 is 1.53 bits per heavy atom. The molecule has 2 aromatic carbocycles. The highest BCUT2D eigenvalue weighted by atomic mass is 19.1. The number of carbonyl (C=O) groups excluding carboxylic acids is 3. The third kappa shape index (κ3) is 5.13. The normalized spacial score (nSPS) is 18.6. The highest BCUT2D eigenvalue weighted by Crippen LogP contribution is 2.33. The van der Waals surface area contributed by atoms with Crippen LogP contribution in [0.3, 0.4) is 0 Å². The second-order valence-corrected chi connectivity index (χ2v) is 9.09. The van der Waals surface area contributed by atoms with Crippen molar-refractivity contribution in [1.29, 1.82) is 0 Å². The minimum absolute atomic E-state index is 0.113. The monoisotopic (exact) mass is 497 g/mol. The van der Waals surface area contributed by atoms with Gasteiger partial charge in [-0.1, -0.05) is 0 Å². The first-order valence-corrected chi connectivity index (χ1v) is 12.1. The van der Waals surface area contributed by atoms with Crippen LogP contribution in [0.1, 0.15) is 33.6 Å². The maximum atomic E-state index is 13.5. The minimum Gasteiger partial charge on any atom is -0.454 e. The molecule has 10 heteroatoms. The summed E-state index contributed by atoms with van der Waals surface area (Å²) >= 11 is 0. The Balaban J connectivity index is 1.27. The van der Waals surface area contributed by atoms with Crippen molar-refractivity contribution in [3.63, 3.8) is 0 Å². The van der Waals surface area contributed by atoms with E-state index in [0.717, 1.165) is 0 Å². The smallest absolute Gasteiger partial charge is 0.253 e. The predicted octanol–water partition coefficient (Wildman–Crippen LogP) is 2.06. The zero-order valence-electron chi connectivity index (χ0n) is 19.8. The molecule has 3 aliphatic rings. The summed E-state index contributed by atoms with van der Waals surface area (Å²) < 4.78 is 29.4. The lowest BCUT2D eigenvalue weighted by molar-refractivity contribution is -0.139. The number of nitrogens with one attached hydrogen (secondary N) is 1. The number of morpholine rings is 1. The fraction of sp³-hybridized carbons (Fsp3) is 0.423. The van der Waals surface area contributed by atoms with Crippen molar-refractivity contribution in [2.75, 3.05) is 46.2 Å². The van der Waals surface area contributed by atoms with E-state index in [2.05, 4.69) is 5.32 Å². The van der Waals surface area contributed by atoms with Crippen molar-refractivity contribution in [3.8, 4) is 11.5 Å². The molecule has 36 heavy (non-hydrogen) atoms. The highest BCUT2D eigenvalue weighted by Gasteiger charge is 2.37. The number of halogens is 1. The van der Waals surface area contributed by atoms with E-state index >= 15 is 0 Å². The Morgan fingerprint density at radius 3 is 2.25 bits per heavy atom. The number of rotatable bonds is 5. The number of hydrogen-bond donors (Lipinski definition) is 1. The standard InChI is InChI=1S/C26H28FN3O6/c27-20-4-1-18(2-5-20)24(31)28-23(26(33)30-11-13-34-14-12-30)17-7-9-29(10-8-17)25(32)19-3-6-21-22(15-19)36-16-35-21/h1-6,15,17,23H,7-14,16H2,(H,28,31). The average molecular weight is 498 g/mol. The average Bonchev–Trinajstić information content (AvgIpc) is 3.40. The van der Waals surface area contributed by atoms with Gasteiger partial charge in [-0.15, -0.1) is 0 Å². The van der Waals surface area contributed by atoms with Gasteiger partial charge >= 0.3 is 0 Å². The first-order chi connectivity index (χ1) is 17.5. The van der Waals surface area contributed by atoms with Gasteiger partial charge < -0.3 is 29.3 Å². The van der Waals surface area contributed by atoms with E-state index < -0.39 is 17.8 Å². The molecule has 0 aromatic heterocycles. The van der Waals surface area contributed by atoms with Crippen molar-refractivity contribution in [3.05, 3.63) is 59.4 Å². The number of benzene rings is 2. The topological polar surface area (TPSA) is 97.4 Å². The van der Waals surface area contributed by atoms with Crippen molar-refractivity contribution in [2.24, 2.45) is 5.92 Å². The second-order valence-electron chi connectivity index (χ2n) is 9.09. The number of nitrogens with zero attached hydrogens (tertiary/aromatic N) is 2. The van der Waals surface area contributed by atoms with Gasteiger partial charge in [0.15, 0.2) is 11.5 Å². The molecule has 0 aliphatic carbocycles. The Hall–Kier alpha value is -3.66. The Kier molecular flexibility index (Phi) is 7.04. The molecule has 3 heterocycles. The molecule has 0 spiro atoms. The van der Waals surface area contributed by atoms with E-state index in [-0.39, 0.29) is 30.1 Å². The third-order valence-corrected chi connectivity index (χ3v) is 6.90. The van der Waals surface area contributed by atoms with Gasteiger partial charge in [0.1, 0.15) is 11.9 Å². The number of ether oxygens (including phenoxy) is 3. The highest BCUT2D eigenvalue weighted by molar-refractivity contribution is 5.98. The minimum atomic E-state index is -0.747. The van der Waals surface area contributed by atoms with Gasteiger partial charge in [0, 0.05) is 37.3 Å². The molecule has 2 saturated heterocycles. The number of likely N-dealkylation sites (tertiary alicyclic amines) is 1. The molecule has 0 bridgehead atoms. The predicted molar refractivity (Wildman–Crippen MR) is 126 cm³/mol. The van der Waals surface area contributed by atoms with Gasteiger partial charge in [0.2, 0.25) is 12.7 Å². The number of amides is 3. The molecule has 3 aliphatic heterocycles. The number of carbonyl (C=O) groups is 3. The van der Waals surface area contributed by atoms with Crippen molar-refractivity contribution >= 4 is 17.7 Å². The fourth-order valence-corrected chi connectivity index (χ4v) is 4.84. The first kappa shape index (κ1) is 24.1. The maximum absolute atomic E-state index is 13.5. The van der Waals surface area contributed by atoms with Gasteiger partial charge in [-0.2, -0.15) is 0 Å². The molecule has 3 amide bonds. The largest absolute Gasteiger partial charge is 0.454 e. The Labute approximate surface area is 208 Å². The van der Waals surface area contributed by atoms with Crippen molar-refractivity contribution in [1.82, 2.24) is 15.1 Å². The van der Waals surface area contributed by atoms with Crippen LogP contribution in [0.15, 0.2) is 42.5 Å². The van der Waals surface area contributed by atoms with E-state index in [1.165, 1.54) is 24.3 Å². The quantitative estimate of drug-likeness (QED) is 0.680. The van der Waals surface area contributed by atoms with Crippen LogP contribution in [0.2, 0.25) is 0 Å². The van der Waals surface area contributed by atoms with Crippen LogP contribution >= 0.6 is 0 Å². The van der Waals surface area contributed by atoms with Gasteiger partial charge in [0.25, 0.3) is 11.8 Å². The van der Waals surface area contributed by atoms with Gasteiger partial charge in [-0.3, -0.25) is 14.4 Å². The lowest BCUT2D eigenvalue weighted by Gasteiger charge is -2.38. The van der Waals surface area contributed by atoms with Crippen LogP contribution in [0.25, 0.3) is 0 Å². The van der Waals surface area contributed by atoms with Crippen LogP contribution in [0.5, 0.6) is 11.5 Å². The Morgan fingerprint density at radius 1 is 0.861 bits per heavy atom. The molecule has 0 radical (unpaired) electrons. The maximum Gasteiger partial charge on any atom is 0.253 e. The molecule has 0 saturated carbocycles. The van der Waals surface area contributed by atoms with E-state index in [1.54, 1.807) is 28.0 Å². The lowest BCUT2D eigenvalue weighted by atomic mass is 9.87. The first-order valence-electron chi connectivity index (χ1n) is 12.1. The molecular weight excluding hydrogens is 469 g/mol.